The Kier molecular flexibility index (Phi) is 29.6. The highest BCUT2D eigenvalue weighted by Gasteiger charge is 2.24. The molecule has 0 fully saturated rings. The van der Waals surface area contributed by atoms with E-state index in [-0.39, 0.29) is 5.91 Å². The van der Waals surface area contributed by atoms with Crippen molar-refractivity contribution in [2.45, 2.75) is 180 Å². The zero-order valence-corrected chi connectivity index (χ0v) is 28.6. The third-order valence-corrected chi connectivity index (χ3v) is 8.59. The Balaban J connectivity index is 3.93. The lowest BCUT2D eigenvalue weighted by molar-refractivity contribution is -0.122. The molecular weight excluding hydrogens is 558 g/mol. The van der Waals surface area contributed by atoms with Gasteiger partial charge in [-0.05, 0) is 51.4 Å². The van der Waals surface area contributed by atoms with Gasteiger partial charge >= 0.3 is 0 Å². The van der Waals surface area contributed by atoms with Gasteiger partial charge in [0.05, 0.1) is 17.9 Å². The van der Waals surface area contributed by atoms with E-state index in [0.29, 0.717) is 6.42 Å². The summed E-state index contributed by atoms with van der Waals surface area (Å²) in [6.45, 7) is 4.44. The predicted octanol–water partition coefficient (Wildman–Crippen LogP) is 9.79. The fourth-order valence-electron chi connectivity index (χ4n) is 5.12. The molecule has 3 N–H and O–H groups in total. The normalized spacial score (nSPS) is 13.9. The Morgan fingerprint density at radius 2 is 1.05 bits per heavy atom. The molecule has 43 heavy (non-hydrogen) atoms. The van der Waals surface area contributed by atoms with Gasteiger partial charge in [-0.3, -0.25) is 9.35 Å². The van der Waals surface area contributed by atoms with Crippen LogP contribution in [0.15, 0.2) is 36.5 Å². The number of carbonyl (C=O) groups excluding carboxylic acids is 1. The standard InChI is InChI=1S/C36H67NO5S/c1-3-5-7-9-11-13-14-15-16-17-18-19-20-21-22-24-26-28-30-32-36(39)37-34(33-43(40,41)42)35(38)31-29-27-25-23-12-10-8-6-4-2/h11,13,15-16,29,31,34-35,38H,3-10,12,14,17-28,30,32-33H2,1-2H3,(H,37,39)(H,40,41,42)/b13-11-,16-15-,31-29+. The molecule has 1 amide bonds. The van der Waals surface area contributed by atoms with E-state index in [4.69, 9.17) is 0 Å². The monoisotopic (exact) mass is 625 g/mol. The maximum atomic E-state index is 12.4. The highest BCUT2D eigenvalue weighted by molar-refractivity contribution is 7.85. The number of nitrogens with one attached hydrogen (secondary N) is 1. The lowest BCUT2D eigenvalue weighted by Gasteiger charge is -2.21. The Hall–Kier alpha value is -1.44. The second-order valence-corrected chi connectivity index (χ2v) is 13.6. The van der Waals surface area contributed by atoms with Gasteiger partial charge < -0.3 is 10.4 Å². The first-order valence-corrected chi connectivity index (χ1v) is 19.3. The molecule has 0 spiro atoms. The van der Waals surface area contributed by atoms with Crippen molar-refractivity contribution in [2.24, 2.45) is 0 Å². The number of rotatable bonds is 31. The summed E-state index contributed by atoms with van der Waals surface area (Å²) in [4.78, 5) is 12.4. The first-order valence-electron chi connectivity index (χ1n) is 17.7. The molecule has 2 atom stereocenters. The molecule has 252 valence electrons. The van der Waals surface area contributed by atoms with E-state index in [1.54, 1.807) is 6.08 Å². The van der Waals surface area contributed by atoms with Gasteiger partial charge in [-0.25, -0.2) is 0 Å². The molecule has 0 saturated carbocycles. The molecule has 0 saturated heterocycles. The number of allylic oxidation sites excluding steroid dienone is 5. The van der Waals surface area contributed by atoms with Crippen molar-refractivity contribution in [2.75, 3.05) is 5.75 Å². The summed E-state index contributed by atoms with van der Waals surface area (Å²) in [5, 5.41) is 13.1. The number of amides is 1. The zero-order valence-electron chi connectivity index (χ0n) is 27.8. The molecule has 0 aromatic heterocycles. The maximum absolute atomic E-state index is 12.4. The zero-order chi connectivity index (χ0) is 31.9. The van der Waals surface area contributed by atoms with E-state index in [1.807, 2.05) is 6.08 Å². The minimum Gasteiger partial charge on any atom is -0.387 e. The molecule has 7 heteroatoms. The number of hydrogen-bond acceptors (Lipinski definition) is 4. The maximum Gasteiger partial charge on any atom is 0.267 e. The van der Waals surface area contributed by atoms with Crippen molar-refractivity contribution in [3.05, 3.63) is 36.5 Å². The number of carbonyl (C=O) groups is 1. The van der Waals surface area contributed by atoms with E-state index in [0.717, 1.165) is 44.9 Å². The van der Waals surface area contributed by atoms with Crippen LogP contribution in [-0.4, -0.2) is 41.9 Å². The number of hydrogen-bond donors (Lipinski definition) is 3. The van der Waals surface area contributed by atoms with Crippen LogP contribution in [0, 0.1) is 0 Å². The van der Waals surface area contributed by atoms with Crippen molar-refractivity contribution in [3.8, 4) is 0 Å². The summed E-state index contributed by atoms with van der Waals surface area (Å²) in [5.41, 5.74) is 0. The van der Waals surface area contributed by atoms with E-state index >= 15 is 0 Å². The SMILES string of the molecule is CCCCC/C=C\C/C=C\CCCCCCCCCCCC(=O)NC(CS(=O)(=O)O)C(O)/C=C/CCCCCCCCC. The third-order valence-electron chi connectivity index (χ3n) is 7.81. The van der Waals surface area contributed by atoms with Crippen LogP contribution in [0.1, 0.15) is 168 Å². The van der Waals surface area contributed by atoms with Crippen molar-refractivity contribution >= 4 is 16.0 Å². The lowest BCUT2D eigenvalue weighted by atomic mass is 10.1. The average molecular weight is 626 g/mol. The fraction of sp³-hybridized carbons (Fsp3) is 0.806. The summed E-state index contributed by atoms with van der Waals surface area (Å²) in [7, 11) is -4.33. The van der Waals surface area contributed by atoms with Gasteiger partial charge in [0, 0.05) is 6.42 Å². The van der Waals surface area contributed by atoms with Gasteiger partial charge in [0.1, 0.15) is 0 Å². The number of aliphatic hydroxyl groups is 1. The first kappa shape index (κ1) is 41.6. The summed E-state index contributed by atoms with van der Waals surface area (Å²) in [5.74, 6) is -0.987. The molecule has 0 aliphatic carbocycles. The third kappa shape index (κ3) is 31.8. The quantitative estimate of drug-likeness (QED) is 0.0404. The average Bonchev–Trinajstić information content (AvgIpc) is 2.96. The molecule has 0 aliphatic heterocycles. The van der Waals surface area contributed by atoms with Gasteiger partial charge in [0.2, 0.25) is 5.91 Å². The summed E-state index contributed by atoms with van der Waals surface area (Å²) in [6, 6.07) is -1.06. The summed E-state index contributed by atoms with van der Waals surface area (Å²) in [6.07, 6.45) is 38.4. The highest BCUT2D eigenvalue weighted by Crippen LogP contribution is 2.13. The van der Waals surface area contributed by atoms with Crippen LogP contribution < -0.4 is 5.32 Å². The van der Waals surface area contributed by atoms with Crippen LogP contribution in [0.25, 0.3) is 0 Å². The predicted molar refractivity (Wildman–Crippen MR) is 184 cm³/mol. The van der Waals surface area contributed by atoms with Crippen LogP contribution in [0.5, 0.6) is 0 Å². The van der Waals surface area contributed by atoms with E-state index < -0.39 is 28.0 Å². The van der Waals surface area contributed by atoms with Crippen LogP contribution in [0.3, 0.4) is 0 Å². The molecular formula is C36H67NO5S. The Morgan fingerprint density at radius 3 is 1.56 bits per heavy atom. The molecule has 6 nitrogen and oxygen atoms in total. The second kappa shape index (κ2) is 30.6. The van der Waals surface area contributed by atoms with Crippen molar-refractivity contribution in [1.29, 1.82) is 0 Å². The molecule has 0 rings (SSSR count). The van der Waals surface area contributed by atoms with Crippen LogP contribution in [0.2, 0.25) is 0 Å². The molecule has 0 bridgehead atoms. The minimum atomic E-state index is -4.33. The molecule has 0 aliphatic rings. The molecule has 0 radical (unpaired) electrons. The van der Waals surface area contributed by atoms with E-state index in [9.17, 15) is 22.9 Å². The van der Waals surface area contributed by atoms with Crippen molar-refractivity contribution < 1.29 is 22.9 Å². The van der Waals surface area contributed by atoms with Crippen molar-refractivity contribution in [3.63, 3.8) is 0 Å². The van der Waals surface area contributed by atoms with Crippen LogP contribution in [0.4, 0.5) is 0 Å². The van der Waals surface area contributed by atoms with E-state index in [1.165, 1.54) is 103 Å². The first-order chi connectivity index (χ1) is 20.8. The Morgan fingerprint density at radius 1 is 0.628 bits per heavy atom. The summed E-state index contributed by atoms with van der Waals surface area (Å²) >= 11 is 0. The Labute approximate surface area is 266 Å². The fourth-order valence-corrected chi connectivity index (χ4v) is 5.86. The van der Waals surface area contributed by atoms with Gasteiger partial charge in [-0.15, -0.1) is 0 Å². The van der Waals surface area contributed by atoms with Crippen LogP contribution >= 0.6 is 0 Å². The second-order valence-electron chi connectivity index (χ2n) is 12.1. The minimum absolute atomic E-state index is 0.287. The molecule has 0 aromatic carbocycles. The van der Waals surface area contributed by atoms with Crippen LogP contribution in [-0.2, 0) is 14.9 Å². The van der Waals surface area contributed by atoms with Gasteiger partial charge in [0.25, 0.3) is 10.1 Å². The number of unbranched alkanes of at least 4 members (excludes halogenated alkanes) is 19. The topological polar surface area (TPSA) is 104 Å². The van der Waals surface area contributed by atoms with Gasteiger partial charge in [-0.1, -0.05) is 147 Å². The van der Waals surface area contributed by atoms with Crippen molar-refractivity contribution in [1.82, 2.24) is 5.32 Å². The van der Waals surface area contributed by atoms with Gasteiger partial charge in [-0.2, -0.15) is 8.42 Å². The number of aliphatic hydroxyl groups excluding tert-OH is 1. The highest BCUT2D eigenvalue weighted by atomic mass is 32.2. The molecule has 0 heterocycles. The van der Waals surface area contributed by atoms with Gasteiger partial charge in [0.15, 0.2) is 0 Å². The summed E-state index contributed by atoms with van der Waals surface area (Å²) < 4.78 is 32.2. The Bertz CT molecular complexity index is 821. The lowest BCUT2D eigenvalue weighted by Crippen LogP contribution is -2.46. The van der Waals surface area contributed by atoms with E-state index in [2.05, 4.69) is 43.5 Å². The smallest absolute Gasteiger partial charge is 0.267 e. The molecule has 2 unspecified atom stereocenters. The molecule has 0 aromatic rings. The largest absolute Gasteiger partial charge is 0.387 e.